The lowest BCUT2D eigenvalue weighted by Gasteiger charge is -2.30. The predicted octanol–water partition coefficient (Wildman–Crippen LogP) is 5.06. The van der Waals surface area contributed by atoms with Crippen molar-refractivity contribution in [2.24, 2.45) is 0 Å². The summed E-state index contributed by atoms with van der Waals surface area (Å²) in [6, 6.07) is 1.53. The summed E-state index contributed by atoms with van der Waals surface area (Å²) in [4.78, 5) is 25.1. The highest BCUT2D eigenvalue weighted by Crippen LogP contribution is 2.47. The third-order valence-electron chi connectivity index (χ3n) is 5.39. The third-order valence-corrected chi connectivity index (χ3v) is 5.39. The summed E-state index contributed by atoms with van der Waals surface area (Å²) in [5, 5.41) is 0.743. The molecule has 2 atom stereocenters. The molecule has 0 saturated carbocycles. The fourth-order valence-corrected chi connectivity index (χ4v) is 4.12. The van der Waals surface area contributed by atoms with E-state index in [0.29, 0.717) is 29.1 Å². The quantitative estimate of drug-likeness (QED) is 0.676. The molecule has 0 fully saturated rings. The molecular formula is C23H26O5. The number of carbonyl (C=O) groups excluding carboxylic acids is 1. The number of benzene rings is 1. The molecule has 148 valence electrons. The van der Waals surface area contributed by atoms with Gasteiger partial charge in [0.05, 0.1) is 10.9 Å². The van der Waals surface area contributed by atoms with Crippen molar-refractivity contribution < 1.29 is 18.7 Å². The smallest absolute Gasteiger partial charge is 0.336 e. The van der Waals surface area contributed by atoms with Crippen molar-refractivity contribution in [3.8, 4) is 11.5 Å². The van der Waals surface area contributed by atoms with E-state index in [1.54, 1.807) is 0 Å². The van der Waals surface area contributed by atoms with Crippen LogP contribution in [0.1, 0.15) is 74.4 Å². The summed E-state index contributed by atoms with van der Waals surface area (Å²) in [6.45, 7) is 6.09. The average molecular weight is 382 g/mol. The molecule has 5 nitrogen and oxygen atoms in total. The Morgan fingerprint density at radius 3 is 2.68 bits per heavy atom. The van der Waals surface area contributed by atoms with E-state index in [4.69, 9.17) is 13.9 Å². The van der Waals surface area contributed by atoms with E-state index in [0.717, 1.165) is 42.2 Å². The normalized spacial score (nSPS) is 20.5. The van der Waals surface area contributed by atoms with Crippen LogP contribution in [0.15, 0.2) is 21.4 Å². The van der Waals surface area contributed by atoms with Crippen LogP contribution in [0.5, 0.6) is 11.5 Å². The van der Waals surface area contributed by atoms with Crippen LogP contribution in [0.3, 0.4) is 0 Å². The molecule has 2 aromatic rings. The molecule has 0 saturated heterocycles. The van der Waals surface area contributed by atoms with Crippen LogP contribution in [0.25, 0.3) is 17.0 Å². The molecule has 3 heterocycles. The second-order valence-corrected chi connectivity index (χ2v) is 7.71. The Labute approximate surface area is 164 Å². The van der Waals surface area contributed by atoms with Gasteiger partial charge >= 0.3 is 5.63 Å². The zero-order valence-electron chi connectivity index (χ0n) is 16.7. The van der Waals surface area contributed by atoms with Gasteiger partial charge in [0.15, 0.2) is 11.4 Å². The number of aryl methyl sites for hydroxylation is 1. The lowest BCUT2D eigenvalue weighted by molar-refractivity contribution is 0.0870. The molecule has 2 aliphatic rings. The first kappa shape index (κ1) is 18.8. The Balaban J connectivity index is 2.02. The SMILES string of the molecule is CCCCC1C=Cc2c3c(c4oc(=O)cc(CCC)c4c2O1)C(=O)CC(C)O3. The molecule has 0 aliphatic carbocycles. The first-order chi connectivity index (χ1) is 13.5. The van der Waals surface area contributed by atoms with Crippen LogP contribution in [0, 0.1) is 0 Å². The first-order valence-electron chi connectivity index (χ1n) is 10.2. The minimum atomic E-state index is -0.446. The third kappa shape index (κ3) is 3.13. The van der Waals surface area contributed by atoms with Gasteiger partial charge in [-0.2, -0.15) is 0 Å². The topological polar surface area (TPSA) is 65.7 Å². The summed E-state index contributed by atoms with van der Waals surface area (Å²) in [5.74, 6) is 1.10. The van der Waals surface area contributed by atoms with Crippen LogP contribution < -0.4 is 15.1 Å². The number of ether oxygens (including phenoxy) is 2. The summed E-state index contributed by atoms with van der Waals surface area (Å²) in [6.07, 6.45) is 8.72. The number of unbranched alkanes of at least 4 members (excludes halogenated alkanes) is 1. The van der Waals surface area contributed by atoms with Crippen LogP contribution in [0.2, 0.25) is 0 Å². The molecule has 0 radical (unpaired) electrons. The van der Waals surface area contributed by atoms with Crippen molar-refractivity contribution in [1.29, 1.82) is 0 Å². The highest BCUT2D eigenvalue weighted by molar-refractivity contribution is 6.13. The Bertz CT molecular complexity index is 1010. The molecule has 0 N–H and O–H groups in total. The summed E-state index contributed by atoms with van der Waals surface area (Å²) in [7, 11) is 0. The first-order valence-corrected chi connectivity index (χ1v) is 10.2. The summed E-state index contributed by atoms with van der Waals surface area (Å²) in [5.41, 5.74) is 1.89. The van der Waals surface area contributed by atoms with Gasteiger partial charge in [0, 0.05) is 12.5 Å². The van der Waals surface area contributed by atoms with Crippen molar-refractivity contribution >= 4 is 22.8 Å². The van der Waals surface area contributed by atoms with E-state index in [-0.39, 0.29) is 24.4 Å². The molecule has 0 spiro atoms. The fraction of sp³-hybridized carbons (Fsp3) is 0.478. The summed E-state index contributed by atoms with van der Waals surface area (Å²) >= 11 is 0. The summed E-state index contributed by atoms with van der Waals surface area (Å²) < 4.78 is 18.0. The van der Waals surface area contributed by atoms with E-state index in [1.165, 1.54) is 6.07 Å². The number of ketones is 1. The minimum Gasteiger partial charge on any atom is -0.489 e. The molecule has 0 amide bonds. The van der Waals surface area contributed by atoms with Gasteiger partial charge in [0.1, 0.15) is 29.3 Å². The van der Waals surface area contributed by atoms with Gasteiger partial charge in [-0.3, -0.25) is 4.79 Å². The molecule has 2 unspecified atom stereocenters. The average Bonchev–Trinajstić information content (AvgIpc) is 2.65. The van der Waals surface area contributed by atoms with E-state index in [9.17, 15) is 9.59 Å². The molecule has 28 heavy (non-hydrogen) atoms. The lowest BCUT2D eigenvalue weighted by atomic mass is 9.91. The van der Waals surface area contributed by atoms with Gasteiger partial charge in [-0.1, -0.05) is 26.7 Å². The number of Topliss-reactive ketones (excluding diaryl/α,β-unsaturated/α-hetero) is 1. The van der Waals surface area contributed by atoms with Crippen molar-refractivity contribution in [1.82, 2.24) is 0 Å². The van der Waals surface area contributed by atoms with Crippen LogP contribution >= 0.6 is 0 Å². The maximum absolute atomic E-state index is 12.9. The van der Waals surface area contributed by atoms with Crippen LogP contribution in [0.4, 0.5) is 0 Å². The number of rotatable bonds is 5. The van der Waals surface area contributed by atoms with Gasteiger partial charge in [0.2, 0.25) is 0 Å². The molecule has 0 bridgehead atoms. The number of fused-ring (bicyclic) bond motifs is 6. The largest absolute Gasteiger partial charge is 0.489 e. The minimum absolute atomic E-state index is 0.0354. The van der Waals surface area contributed by atoms with Gasteiger partial charge in [-0.15, -0.1) is 0 Å². The molecule has 2 aliphatic heterocycles. The van der Waals surface area contributed by atoms with E-state index >= 15 is 0 Å². The van der Waals surface area contributed by atoms with Crippen LogP contribution in [-0.4, -0.2) is 18.0 Å². The number of hydrogen-bond acceptors (Lipinski definition) is 5. The number of carbonyl (C=O) groups is 1. The second-order valence-electron chi connectivity index (χ2n) is 7.71. The van der Waals surface area contributed by atoms with Gasteiger partial charge in [0.25, 0.3) is 0 Å². The van der Waals surface area contributed by atoms with Crippen molar-refractivity contribution in [2.75, 3.05) is 0 Å². The standard InChI is InChI=1S/C23H26O5/c1-4-6-8-15-9-10-16-21(27-15)19-14(7-5-2)12-18(25)28-23(19)20-17(24)11-13(3)26-22(16)20/h9-10,12-13,15H,4-8,11H2,1-3H3. The van der Waals surface area contributed by atoms with Crippen molar-refractivity contribution in [3.63, 3.8) is 0 Å². The Kier molecular flexibility index (Phi) is 5.00. The Morgan fingerprint density at radius 1 is 1.11 bits per heavy atom. The van der Waals surface area contributed by atoms with Crippen molar-refractivity contribution in [2.45, 2.75) is 71.5 Å². The predicted molar refractivity (Wildman–Crippen MR) is 108 cm³/mol. The van der Waals surface area contributed by atoms with Gasteiger partial charge in [-0.25, -0.2) is 4.79 Å². The van der Waals surface area contributed by atoms with Crippen LogP contribution in [-0.2, 0) is 6.42 Å². The maximum Gasteiger partial charge on any atom is 0.336 e. The molecule has 4 rings (SSSR count). The van der Waals surface area contributed by atoms with E-state index < -0.39 is 5.63 Å². The van der Waals surface area contributed by atoms with Gasteiger partial charge in [-0.05, 0) is 43.9 Å². The van der Waals surface area contributed by atoms with Gasteiger partial charge < -0.3 is 13.9 Å². The molecule has 1 aromatic carbocycles. The van der Waals surface area contributed by atoms with E-state index in [1.807, 2.05) is 19.1 Å². The molecule has 1 aromatic heterocycles. The molecule has 5 heteroatoms. The Hall–Kier alpha value is -2.56. The van der Waals surface area contributed by atoms with E-state index in [2.05, 4.69) is 13.8 Å². The zero-order valence-corrected chi connectivity index (χ0v) is 16.7. The molecular weight excluding hydrogens is 356 g/mol. The maximum atomic E-state index is 12.9. The highest BCUT2D eigenvalue weighted by Gasteiger charge is 2.35. The second kappa shape index (κ2) is 7.46. The number of hydrogen-bond donors (Lipinski definition) is 0. The van der Waals surface area contributed by atoms with Crippen molar-refractivity contribution in [3.05, 3.63) is 39.3 Å². The lowest BCUT2D eigenvalue weighted by Crippen LogP contribution is -2.27. The monoisotopic (exact) mass is 382 g/mol. The Morgan fingerprint density at radius 2 is 1.93 bits per heavy atom. The zero-order chi connectivity index (χ0) is 19.8. The fourth-order valence-electron chi connectivity index (χ4n) is 4.12. The highest BCUT2D eigenvalue weighted by atomic mass is 16.5.